The molecule has 0 unspecified atom stereocenters. The van der Waals surface area contributed by atoms with Crippen LogP contribution in [-0.2, 0) is 0 Å². The quantitative estimate of drug-likeness (QED) is 0.723. The van der Waals surface area contributed by atoms with Crippen LogP contribution in [0, 0.1) is 9.49 Å². The lowest BCUT2D eigenvalue weighted by Gasteiger charge is -2.21. The van der Waals surface area contributed by atoms with E-state index in [1.54, 1.807) is 0 Å². The van der Waals surface area contributed by atoms with Gasteiger partial charge in [0.15, 0.2) is 0 Å². The fourth-order valence-corrected chi connectivity index (χ4v) is 4.08. The van der Waals surface area contributed by atoms with Gasteiger partial charge in [0, 0.05) is 14.6 Å². The molecule has 98 valence electrons. The lowest BCUT2D eigenvalue weighted by Crippen LogP contribution is -2.31. The topological polar surface area (TPSA) is 29.1 Å². The summed E-state index contributed by atoms with van der Waals surface area (Å²) < 4.78 is 1.94. The van der Waals surface area contributed by atoms with E-state index in [0.717, 1.165) is 20.2 Å². The number of hydrogen-bond acceptors (Lipinski definition) is 2. The van der Waals surface area contributed by atoms with E-state index in [4.69, 9.17) is 0 Å². The van der Waals surface area contributed by atoms with E-state index in [-0.39, 0.29) is 5.91 Å². The standard InChI is InChI=1S/C13H15BrINOS/c14-12-2-1-10(15)7-11(12)13(17)16-8-9-3-5-18-6-4-9/h1-2,7,9H,3-6,8H2,(H,16,17). The van der Waals surface area contributed by atoms with E-state index in [9.17, 15) is 4.79 Å². The highest BCUT2D eigenvalue weighted by atomic mass is 127. The fourth-order valence-electron chi connectivity index (χ4n) is 1.95. The summed E-state index contributed by atoms with van der Waals surface area (Å²) in [5.41, 5.74) is 0.729. The van der Waals surface area contributed by atoms with Crippen LogP contribution in [0.3, 0.4) is 0 Å². The highest BCUT2D eigenvalue weighted by Gasteiger charge is 2.16. The molecule has 1 saturated heterocycles. The van der Waals surface area contributed by atoms with Crippen LogP contribution < -0.4 is 5.32 Å². The van der Waals surface area contributed by atoms with Gasteiger partial charge < -0.3 is 5.32 Å². The molecule has 0 saturated carbocycles. The minimum absolute atomic E-state index is 0.0265. The molecule has 0 atom stereocenters. The number of nitrogens with one attached hydrogen (secondary N) is 1. The summed E-state index contributed by atoms with van der Waals surface area (Å²) in [4.78, 5) is 12.1. The number of hydrogen-bond donors (Lipinski definition) is 1. The van der Waals surface area contributed by atoms with Gasteiger partial charge in [0.1, 0.15) is 0 Å². The van der Waals surface area contributed by atoms with Crippen LogP contribution in [0.1, 0.15) is 23.2 Å². The molecule has 1 fully saturated rings. The molecule has 0 radical (unpaired) electrons. The SMILES string of the molecule is O=C(NCC1CCSCC1)c1cc(I)ccc1Br. The number of benzene rings is 1. The number of rotatable bonds is 3. The van der Waals surface area contributed by atoms with Crippen LogP contribution >= 0.6 is 50.3 Å². The lowest BCUT2D eigenvalue weighted by molar-refractivity contribution is 0.0945. The predicted molar refractivity (Wildman–Crippen MR) is 89.2 cm³/mol. The second-order valence-electron chi connectivity index (χ2n) is 4.39. The summed E-state index contributed by atoms with van der Waals surface area (Å²) in [6.45, 7) is 0.803. The molecule has 1 aromatic carbocycles. The summed E-state index contributed by atoms with van der Waals surface area (Å²) in [5, 5.41) is 3.06. The second-order valence-corrected chi connectivity index (χ2v) is 7.71. The van der Waals surface area contributed by atoms with Crippen LogP contribution in [0.25, 0.3) is 0 Å². The number of amides is 1. The van der Waals surface area contributed by atoms with Crippen LogP contribution in [0.2, 0.25) is 0 Å². The Labute approximate surface area is 134 Å². The summed E-state index contributed by atoms with van der Waals surface area (Å²) in [6, 6.07) is 5.82. The van der Waals surface area contributed by atoms with Crippen molar-refractivity contribution in [2.24, 2.45) is 5.92 Å². The van der Waals surface area contributed by atoms with Crippen molar-refractivity contribution < 1.29 is 4.79 Å². The molecule has 0 spiro atoms. The van der Waals surface area contributed by atoms with Gasteiger partial charge in [-0.1, -0.05) is 0 Å². The van der Waals surface area contributed by atoms with E-state index in [1.807, 2.05) is 30.0 Å². The molecule has 1 aromatic rings. The van der Waals surface area contributed by atoms with Gasteiger partial charge in [-0.2, -0.15) is 11.8 Å². The summed E-state index contributed by atoms with van der Waals surface area (Å²) >= 11 is 7.67. The maximum Gasteiger partial charge on any atom is 0.252 e. The first-order valence-corrected chi connectivity index (χ1v) is 9.00. The van der Waals surface area contributed by atoms with Crippen molar-refractivity contribution >= 4 is 56.2 Å². The van der Waals surface area contributed by atoms with E-state index < -0.39 is 0 Å². The third-order valence-corrected chi connectivity index (χ3v) is 5.48. The minimum atomic E-state index is 0.0265. The van der Waals surface area contributed by atoms with Gasteiger partial charge in [-0.15, -0.1) is 0 Å². The molecule has 1 heterocycles. The average Bonchev–Trinajstić information content (AvgIpc) is 2.40. The molecule has 0 aliphatic carbocycles. The van der Waals surface area contributed by atoms with Crippen LogP contribution in [0.5, 0.6) is 0 Å². The van der Waals surface area contributed by atoms with E-state index in [0.29, 0.717) is 5.92 Å². The largest absolute Gasteiger partial charge is 0.352 e. The zero-order chi connectivity index (χ0) is 13.0. The maximum absolute atomic E-state index is 12.1. The smallest absolute Gasteiger partial charge is 0.252 e. The van der Waals surface area contributed by atoms with Crippen molar-refractivity contribution in [3.05, 3.63) is 31.8 Å². The molecular weight excluding hydrogens is 425 g/mol. The number of halogens is 2. The monoisotopic (exact) mass is 439 g/mol. The Morgan fingerprint density at radius 3 is 2.89 bits per heavy atom. The van der Waals surface area contributed by atoms with Crippen molar-refractivity contribution in [3.8, 4) is 0 Å². The Morgan fingerprint density at radius 2 is 2.17 bits per heavy atom. The third kappa shape index (κ3) is 4.13. The first kappa shape index (κ1) is 14.7. The Kier molecular flexibility index (Phi) is 5.82. The Hall–Kier alpha value is 0.250. The molecule has 5 heteroatoms. The van der Waals surface area contributed by atoms with Crippen molar-refractivity contribution in [1.82, 2.24) is 5.32 Å². The highest BCUT2D eigenvalue weighted by Crippen LogP contribution is 2.23. The predicted octanol–water partition coefficient (Wildman–Crippen LogP) is 3.93. The van der Waals surface area contributed by atoms with Crippen molar-refractivity contribution in [1.29, 1.82) is 0 Å². The first-order chi connectivity index (χ1) is 8.66. The molecule has 1 aliphatic rings. The Bertz CT molecular complexity index is 435. The average molecular weight is 440 g/mol. The van der Waals surface area contributed by atoms with Gasteiger partial charge >= 0.3 is 0 Å². The van der Waals surface area contributed by atoms with Gasteiger partial charge in [0.2, 0.25) is 0 Å². The van der Waals surface area contributed by atoms with Crippen LogP contribution in [0.15, 0.2) is 22.7 Å². The molecule has 0 bridgehead atoms. The number of carbonyl (C=O) groups excluding carboxylic acids is 1. The van der Waals surface area contributed by atoms with Gasteiger partial charge in [-0.05, 0) is 87.0 Å². The molecule has 18 heavy (non-hydrogen) atoms. The first-order valence-electron chi connectivity index (χ1n) is 5.98. The van der Waals surface area contributed by atoms with Gasteiger partial charge in [0.05, 0.1) is 5.56 Å². The van der Waals surface area contributed by atoms with Gasteiger partial charge in [0.25, 0.3) is 5.91 Å². The summed E-state index contributed by atoms with van der Waals surface area (Å²) in [5.74, 6) is 3.14. The third-order valence-electron chi connectivity index (χ3n) is 3.07. The molecule has 1 amide bonds. The Morgan fingerprint density at radius 1 is 1.44 bits per heavy atom. The zero-order valence-electron chi connectivity index (χ0n) is 9.92. The summed E-state index contributed by atoms with van der Waals surface area (Å²) in [7, 11) is 0. The van der Waals surface area contributed by atoms with E-state index in [2.05, 4.69) is 43.8 Å². The zero-order valence-corrected chi connectivity index (χ0v) is 14.5. The molecular formula is C13H15BrINOS. The molecule has 0 aromatic heterocycles. The van der Waals surface area contributed by atoms with E-state index >= 15 is 0 Å². The number of thioether (sulfide) groups is 1. The Balaban J connectivity index is 1.92. The summed E-state index contributed by atoms with van der Waals surface area (Å²) in [6.07, 6.45) is 2.44. The van der Waals surface area contributed by atoms with Crippen LogP contribution in [0.4, 0.5) is 0 Å². The number of carbonyl (C=O) groups is 1. The lowest BCUT2D eigenvalue weighted by atomic mass is 10.0. The van der Waals surface area contributed by atoms with Crippen molar-refractivity contribution in [2.75, 3.05) is 18.1 Å². The minimum Gasteiger partial charge on any atom is -0.352 e. The van der Waals surface area contributed by atoms with Crippen molar-refractivity contribution in [3.63, 3.8) is 0 Å². The fraction of sp³-hybridized carbons (Fsp3) is 0.462. The maximum atomic E-state index is 12.1. The normalized spacial score (nSPS) is 16.6. The molecule has 2 nitrogen and oxygen atoms in total. The highest BCUT2D eigenvalue weighted by molar-refractivity contribution is 14.1. The van der Waals surface area contributed by atoms with Gasteiger partial charge in [-0.3, -0.25) is 4.79 Å². The van der Waals surface area contributed by atoms with Crippen LogP contribution in [-0.4, -0.2) is 24.0 Å². The van der Waals surface area contributed by atoms with Gasteiger partial charge in [-0.25, -0.2) is 0 Å². The molecule has 2 rings (SSSR count). The van der Waals surface area contributed by atoms with E-state index in [1.165, 1.54) is 24.3 Å². The second kappa shape index (κ2) is 7.14. The molecule has 1 N–H and O–H groups in total. The molecule has 1 aliphatic heterocycles. The van der Waals surface area contributed by atoms with Crippen molar-refractivity contribution in [2.45, 2.75) is 12.8 Å².